The van der Waals surface area contributed by atoms with Crippen LogP contribution in [0.15, 0.2) is 24.3 Å². The Morgan fingerprint density at radius 1 is 1.33 bits per heavy atom. The molecular formula is C16H21NO. The van der Waals surface area contributed by atoms with Gasteiger partial charge < -0.3 is 4.74 Å². The van der Waals surface area contributed by atoms with E-state index in [1.165, 1.54) is 0 Å². The van der Waals surface area contributed by atoms with Gasteiger partial charge >= 0.3 is 0 Å². The molecule has 2 nitrogen and oxygen atoms in total. The summed E-state index contributed by atoms with van der Waals surface area (Å²) in [5.41, 5.74) is 0.974. The van der Waals surface area contributed by atoms with Crippen LogP contribution in [0.2, 0.25) is 0 Å². The van der Waals surface area contributed by atoms with Gasteiger partial charge in [-0.2, -0.15) is 5.26 Å². The largest absolute Gasteiger partial charge is 0.493 e. The molecule has 0 radical (unpaired) electrons. The van der Waals surface area contributed by atoms with Crippen molar-refractivity contribution in [1.82, 2.24) is 0 Å². The number of benzene rings is 1. The summed E-state index contributed by atoms with van der Waals surface area (Å²) in [7, 11) is 0. The van der Waals surface area contributed by atoms with E-state index < -0.39 is 0 Å². The summed E-state index contributed by atoms with van der Waals surface area (Å²) in [6, 6.07) is 10.5. The first-order valence-electron chi connectivity index (χ1n) is 6.60. The van der Waals surface area contributed by atoms with Gasteiger partial charge in [0.1, 0.15) is 5.75 Å². The van der Waals surface area contributed by atoms with Crippen LogP contribution in [0, 0.1) is 16.7 Å². The first-order valence-corrected chi connectivity index (χ1v) is 6.60. The molecule has 1 aliphatic rings. The van der Waals surface area contributed by atoms with Gasteiger partial charge in [0.15, 0.2) is 0 Å². The zero-order valence-corrected chi connectivity index (χ0v) is 11.5. The smallest absolute Gasteiger partial charge is 0.124 e. The van der Waals surface area contributed by atoms with Crippen molar-refractivity contribution in [2.45, 2.75) is 45.4 Å². The molecule has 18 heavy (non-hydrogen) atoms. The molecule has 0 spiro atoms. The van der Waals surface area contributed by atoms with Crippen LogP contribution in [-0.2, 0) is 5.41 Å². The fraction of sp³-hybridized carbons (Fsp3) is 0.562. The fourth-order valence-corrected chi connectivity index (χ4v) is 2.48. The third kappa shape index (κ3) is 2.51. The molecule has 96 valence electrons. The summed E-state index contributed by atoms with van der Waals surface area (Å²) >= 11 is 0. The van der Waals surface area contributed by atoms with Gasteiger partial charge in [0.25, 0.3) is 0 Å². The Morgan fingerprint density at radius 2 is 2.06 bits per heavy atom. The van der Waals surface area contributed by atoms with E-state index in [1.54, 1.807) is 0 Å². The zero-order valence-electron chi connectivity index (χ0n) is 11.5. The number of nitrogens with zero attached hydrogens (tertiary/aromatic N) is 1. The molecule has 2 rings (SSSR count). The van der Waals surface area contributed by atoms with Crippen LogP contribution < -0.4 is 4.74 Å². The summed E-state index contributed by atoms with van der Waals surface area (Å²) in [4.78, 5) is 0. The number of hydrogen-bond acceptors (Lipinski definition) is 2. The highest BCUT2D eigenvalue weighted by Crippen LogP contribution is 2.43. The van der Waals surface area contributed by atoms with Crippen LogP contribution in [0.1, 0.15) is 45.6 Å². The molecule has 0 bridgehead atoms. The van der Waals surface area contributed by atoms with Crippen molar-refractivity contribution in [1.29, 1.82) is 5.26 Å². The summed E-state index contributed by atoms with van der Waals surface area (Å²) in [6.45, 7) is 7.32. The van der Waals surface area contributed by atoms with Gasteiger partial charge in [-0.3, -0.25) is 0 Å². The number of rotatable bonds is 2. The van der Waals surface area contributed by atoms with Crippen LogP contribution in [-0.4, -0.2) is 6.61 Å². The molecular weight excluding hydrogens is 222 g/mol. The molecule has 0 amide bonds. The van der Waals surface area contributed by atoms with Crippen molar-refractivity contribution in [3.05, 3.63) is 29.8 Å². The highest BCUT2D eigenvalue weighted by molar-refractivity contribution is 5.45. The summed E-state index contributed by atoms with van der Waals surface area (Å²) in [6.07, 6.45) is 2.76. The van der Waals surface area contributed by atoms with Crippen molar-refractivity contribution in [3.63, 3.8) is 0 Å². The predicted molar refractivity (Wildman–Crippen MR) is 72.5 cm³/mol. The maximum Gasteiger partial charge on any atom is 0.124 e. The van der Waals surface area contributed by atoms with E-state index in [1.807, 2.05) is 24.3 Å². The highest BCUT2D eigenvalue weighted by Gasteiger charge is 2.38. The second kappa shape index (κ2) is 4.65. The maximum absolute atomic E-state index is 9.68. The highest BCUT2D eigenvalue weighted by atomic mass is 16.5. The Labute approximate surface area is 110 Å². The van der Waals surface area contributed by atoms with Gasteiger partial charge in [0, 0.05) is 12.0 Å². The van der Waals surface area contributed by atoms with Gasteiger partial charge in [0.05, 0.1) is 18.1 Å². The van der Waals surface area contributed by atoms with Crippen molar-refractivity contribution in [2.75, 3.05) is 6.61 Å². The Balaban J connectivity index is 2.32. The molecule has 0 saturated carbocycles. The van der Waals surface area contributed by atoms with Crippen LogP contribution in [0.4, 0.5) is 0 Å². The molecule has 0 fully saturated rings. The molecule has 0 aliphatic carbocycles. The van der Waals surface area contributed by atoms with Crippen LogP contribution in [0.25, 0.3) is 0 Å². The second-order valence-electron chi connectivity index (χ2n) is 6.35. The van der Waals surface area contributed by atoms with E-state index in [0.717, 1.165) is 30.6 Å². The van der Waals surface area contributed by atoms with E-state index in [9.17, 15) is 5.26 Å². The van der Waals surface area contributed by atoms with Crippen LogP contribution >= 0.6 is 0 Å². The van der Waals surface area contributed by atoms with E-state index in [4.69, 9.17) is 4.74 Å². The van der Waals surface area contributed by atoms with Gasteiger partial charge in [-0.25, -0.2) is 0 Å². The van der Waals surface area contributed by atoms with Crippen molar-refractivity contribution >= 4 is 0 Å². The summed E-state index contributed by atoms with van der Waals surface area (Å²) < 4.78 is 5.66. The quantitative estimate of drug-likeness (QED) is 0.784. The Morgan fingerprint density at radius 3 is 2.72 bits per heavy atom. The lowest BCUT2D eigenvalue weighted by atomic mass is 9.71. The monoisotopic (exact) mass is 243 g/mol. The summed E-state index contributed by atoms with van der Waals surface area (Å²) in [5.74, 6) is 0.888. The minimum absolute atomic E-state index is 0.261. The lowest BCUT2D eigenvalue weighted by Gasteiger charge is -2.35. The molecule has 1 aromatic rings. The van der Waals surface area contributed by atoms with Gasteiger partial charge in [0.2, 0.25) is 0 Å². The standard InChI is InChI=1S/C16H21NO/c1-15(2,3)8-9-16(12-17)10-11-18-14-7-5-4-6-13(14)16/h4-7H,8-11H2,1-3H3. The van der Waals surface area contributed by atoms with Crippen molar-refractivity contribution in [2.24, 2.45) is 5.41 Å². The second-order valence-corrected chi connectivity index (χ2v) is 6.35. The Hall–Kier alpha value is -1.49. The number of ether oxygens (including phenoxy) is 1. The molecule has 0 saturated heterocycles. The first kappa shape index (κ1) is 13.0. The van der Waals surface area contributed by atoms with Crippen molar-refractivity contribution < 1.29 is 4.74 Å². The normalized spacial score (nSPS) is 22.8. The first-order chi connectivity index (χ1) is 8.47. The topological polar surface area (TPSA) is 33.0 Å². The van der Waals surface area contributed by atoms with E-state index in [0.29, 0.717) is 6.61 Å². The Bertz CT molecular complexity index is 467. The number of fused-ring (bicyclic) bond motifs is 1. The van der Waals surface area contributed by atoms with E-state index in [2.05, 4.69) is 26.8 Å². The average molecular weight is 243 g/mol. The maximum atomic E-state index is 9.68. The molecule has 1 heterocycles. The summed E-state index contributed by atoms with van der Waals surface area (Å²) in [5, 5.41) is 9.68. The third-order valence-electron chi connectivity index (χ3n) is 3.70. The third-order valence-corrected chi connectivity index (χ3v) is 3.70. The minimum atomic E-state index is -0.359. The molecule has 1 aromatic carbocycles. The molecule has 1 atom stereocenters. The van der Waals surface area contributed by atoms with Crippen LogP contribution in [0.3, 0.4) is 0 Å². The number of nitriles is 1. The van der Waals surface area contributed by atoms with Gasteiger partial charge in [-0.15, -0.1) is 0 Å². The average Bonchev–Trinajstić information content (AvgIpc) is 2.35. The molecule has 0 N–H and O–H groups in total. The SMILES string of the molecule is CC(C)(C)CCC1(C#N)CCOc2ccccc21. The predicted octanol–water partition coefficient (Wildman–Crippen LogP) is 4.06. The molecule has 1 aliphatic heterocycles. The van der Waals surface area contributed by atoms with E-state index >= 15 is 0 Å². The fourth-order valence-electron chi connectivity index (χ4n) is 2.48. The Kier molecular flexibility index (Phi) is 3.34. The van der Waals surface area contributed by atoms with E-state index in [-0.39, 0.29) is 10.8 Å². The number of hydrogen-bond donors (Lipinski definition) is 0. The van der Waals surface area contributed by atoms with Crippen LogP contribution in [0.5, 0.6) is 5.75 Å². The zero-order chi connectivity index (χ0) is 13.2. The van der Waals surface area contributed by atoms with Gasteiger partial charge in [-0.05, 0) is 24.3 Å². The molecule has 1 unspecified atom stereocenters. The molecule has 0 aromatic heterocycles. The van der Waals surface area contributed by atoms with Gasteiger partial charge in [-0.1, -0.05) is 39.0 Å². The minimum Gasteiger partial charge on any atom is -0.493 e. The molecule has 2 heteroatoms. The number of para-hydroxylation sites is 1. The van der Waals surface area contributed by atoms with Crippen molar-refractivity contribution in [3.8, 4) is 11.8 Å². The lowest BCUT2D eigenvalue weighted by Crippen LogP contribution is -2.32. The lowest BCUT2D eigenvalue weighted by molar-refractivity contribution is 0.219.